The van der Waals surface area contributed by atoms with Crippen LogP contribution in [0.4, 0.5) is 0 Å². The van der Waals surface area contributed by atoms with E-state index >= 15 is 0 Å². The van der Waals surface area contributed by atoms with Crippen LogP contribution in [0.5, 0.6) is 0 Å². The summed E-state index contributed by atoms with van der Waals surface area (Å²) in [7, 11) is 0. The molecule has 2 N–H and O–H groups in total. The summed E-state index contributed by atoms with van der Waals surface area (Å²) in [6, 6.07) is 18.2. The molecule has 0 fully saturated rings. The second-order valence-electron chi connectivity index (χ2n) is 8.39. The highest BCUT2D eigenvalue weighted by Gasteiger charge is 2.28. The Hall–Kier alpha value is -3.28. The van der Waals surface area contributed by atoms with Crippen molar-refractivity contribution in [2.45, 2.75) is 58.4 Å². The van der Waals surface area contributed by atoms with Crippen LogP contribution in [0, 0.1) is 5.92 Å². The topological polar surface area (TPSA) is 92.3 Å². The lowest BCUT2D eigenvalue weighted by Crippen LogP contribution is -2.45. The molecule has 0 saturated heterocycles. The molecular formula is C27H34N2O4. The SMILES string of the molecule is CCCCNC(=O)[C@@H](CC(=O)[C@H](Cc1ccccc1)NC(=O)CC(C)=O)Cc1ccccc1. The Balaban J connectivity index is 2.18. The second kappa shape index (κ2) is 14.0. The third kappa shape index (κ3) is 9.81. The molecule has 2 amide bonds. The molecule has 0 heterocycles. The molecule has 0 saturated carbocycles. The maximum absolute atomic E-state index is 13.3. The van der Waals surface area contributed by atoms with E-state index in [1.165, 1.54) is 6.92 Å². The van der Waals surface area contributed by atoms with Crippen molar-refractivity contribution < 1.29 is 19.2 Å². The van der Waals surface area contributed by atoms with Gasteiger partial charge in [-0.2, -0.15) is 0 Å². The molecule has 6 nitrogen and oxygen atoms in total. The van der Waals surface area contributed by atoms with Crippen molar-refractivity contribution in [3.63, 3.8) is 0 Å². The van der Waals surface area contributed by atoms with Gasteiger partial charge in [0.25, 0.3) is 0 Å². The fourth-order valence-electron chi connectivity index (χ4n) is 3.64. The first-order valence-electron chi connectivity index (χ1n) is 11.6. The molecule has 0 aromatic heterocycles. The van der Waals surface area contributed by atoms with Crippen LogP contribution in [0.25, 0.3) is 0 Å². The van der Waals surface area contributed by atoms with Crippen LogP contribution >= 0.6 is 0 Å². The number of rotatable bonds is 14. The summed E-state index contributed by atoms with van der Waals surface area (Å²) in [6.45, 7) is 3.96. The number of carbonyl (C=O) groups is 4. The van der Waals surface area contributed by atoms with Crippen molar-refractivity contribution in [2.24, 2.45) is 5.92 Å². The molecule has 33 heavy (non-hydrogen) atoms. The summed E-state index contributed by atoms with van der Waals surface area (Å²) >= 11 is 0. The highest BCUT2D eigenvalue weighted by atomic mass is 16.2. The third-order valence-electron chi connectivity index (χ3n) is 5.39. The van der Waals surface area contributed by atoms with Crippen LogP contribution in [0.15, 0.2) is 60.7 Å². The highest BCUT2D eigenvalue weighted by molar-refractivity contribution is 5.99. The van der Waals surface area contributed by atoms with Crippen LogP contribution in [0.1, 0.15) is 50.7 Å². The highest BCUT2D eigenvalue weighted by Crippen LogP contribution is 2.16. The smallest absolute Gasteiger partial charge is 0.228 e. The lowest BCUT2D eigenvalue weighted by molar-refractivity contribution is -0.132. The van der Waals surface area contributed by atoms with Crippen molar-refractivity contribution in [3.8, 4) is 0 Å². The number of hydrogen-bond acceptors (Lipinski definition) is 4. The zero-order valence-corrected chi connectivity index (χ0v) is 19.5. The molecule has 176 valence electrons. The number of carbonyl (C=O) groups excluding carboxylic acids is 4. The lowest BCUT2D eigenvalue weighted by atomic mass is 9.89. The number of amides is 2. The number of unbranched alkanes of at least 4 members (excludes halogenated alkanes) is 1. The first kappa shape index (κ1) is 26.0. The normalized spacial score (nSPS) is 12.4. The quantitative estimate of drug-likeness (QED) is 0.341. The first-order chi connectivity index (χ1) is 15.9. The summed E-state index contributed by atoms with van der Waals surface area (Å²) in [5, 5.41) is 5.66. The Bertz CT molecular complexity index is 912. The van der Waals surface area contributed by atoms with E-state index in [0.29, 0.717) is 19.4 Å². The Labute approximate surface area is 196 Å². The molecule has 2 atom stereocenters. The molecule has 2 aromatic carbocycles. The fourth-order valence-corrected chi connectivity index (χ4v) is 3.64. The van der Waals surface area contributed by atoms with Gasteiger partial charge in [-0.3, -0.25) is 19.2 Å². The second-order valence-corrected chi connectivity index (χ2v) is 8.39. The number of hydrogen-bond donors (Lipinski definition) is 2. The largest absolute Gasteiger partial charge is 0.356 e. The minimum atomic E-state index is -0.805. The van der Waals surface area contributed by atoms with Gasteiger partial charge in [0.2, 0.25) is 11.8 Å². The van der Waals surface area contributed by atoms with E-state index in [1.54, 1.807) is 0 Å². The number of ketones is 2. The van der Waals surface area contributed by atoms with Crippen LogP contribution < -0.4 is 10.6 Å². The average molecular weight is 451 g/mol. The first-order valence-corrected chi connectivity index (χ1v) is 11.6. The van der Waals surface area contributed by atoms with Gasteiger partial charge in [-0.1, -0.05) is 74.0 Å². The monoisotopic (exact) mass is 450 g/mol. The molecule has 0 spiro atoms. The van der Waals surface area contributed by atoms with Gasteiger partial charge >= 0.3 is 0 Å². The van der Waals surface area contributed by atoms with Gasteiger partial charge in [-0.05, 0) is 37.3 Å². The van der Waals surface area contributed by atoms with E-state index in [2.05, 4.69) is 17.6 Å². The van der Waals surface area contributed by atoms with Crippen molar-refractivity contribution in [1.29, 1.82) is 0 Å². The Morgan fingerprint density at radius 2 is 1.42 bits per heavy atom. The van der Waals surface area contributed by atoms with E-state index in [0.717, 1.165) is 24.0 Å². The minimum Gasteiger partial charge on any atom is -0.356 e. The molecule has 0 radical (unpaired) electrons. The number of nitrogens with one attached hydrogen (secondary N) is 2. The van der Waals surface area contributed by atoms with Crippen molar-refractivity contribution in [2.75, 3.05) is 6.54 Å². The zero-order valence-electron chi connectivity index (χ0n) is 19.5. The molecule has 0 unspecified atom stereocenters. The summed E-state index contributed by atoms with van der Waals surface area (Å²) in [5.41, 5.74) is 1.87. The average Bonchev–Trinajstić information content (AvgIpc) is 2.79. The molecule has 6 heteroatoms. The van der Waals surface area contributed by atoms with Crippen LogP contribution in [-0.2, 0) is 32.0 Å². The van der Waals surface area contributed by atoms with E-state index in [1.807, 2.05) is 60.7 Å². The van der Waals surface area contributed by atoms with Gasteiger partial charge in [0.05, 0.1) is 12.5 Å². The van der Waals surface area contributed by atoms with Crippen LogP contribution in [-0.4, -0.2) is 36.0 Å². The fraction of sp³-hybridized carbons (Fsp3) is 0.407. The molecule has 0 bridgehead atoms. The third-order valence-corrected chi connectivity index (χ3v) is 5.39. The van der Waals surface area contributed by atoms with Gasteiger partial charge in [0.1, 0.15) is 5.78 Å². The molecule has 2 rings (SSSR count). The zero-order chi connectivity index (χ0) is 24.1. The summed E-state index contributed by atoms with van der Waals surface area (Å²) in [4.78, 5) is 49.9. The summed E-state index contributed by atoms with van der Waals surface area (Å²) < 4.78 is 0. The van der Waals surface area contributed by atoms with Crippen molar-refractivity contribution >= 4 is 23.4 Å². The van der Waals surface area contributed by atoms with Crippen LogP contribution in [0.3, 0.4) is 0 Å². The maximum atomic E-state index is 13.3. The molecule has 0 aliphatic heterocycles. The predicted octanol–water partition coefficient (Wildman–Crippen LogP) is 3.43. The van der Waals surface area contributed by atoms with Crippen LogP contribution in [0.2, 0.25) is 0 Å². The number of Topliss-reactive ketones (excluding diaryl/α,β-unsaturated/α-hetero) is 2. The van der Waals surface area contributed by atoms with E-state index in [-0.39, 0.29) is 30.3 Å². The molecular weight excluding hydrogens is 416 g/mol. The predicted molar refractivity (Wildman–Crippen MR) is 129 cm³/mol. The Kier molecular flexibility index (Phi) is 11.0. The van der Waals surface area contributed by atoms with E-state index < -0.39 is 17.9 Å². The number of benzene rings is 2. The molecule has 0 aliphatic rings. The van der Waals surface area contributed by atoms with Crippen molar-refractivity contribution in [3.05, 3.63) is 71.8 Å². The van der Waals surface area contributed by atoms with E-state index in [4.69, 9.17) is 0 Å². The summed E-state index contributed by atoms with van der Waals surface area (Å²) in [6.07, 6.45) is 2.30. The van der Waals surface area contributed by atoms with Gasteiger partial charge in [-0.15, -0.1) is 0 Å². The Morgan fingerprint density at radius 1 is 0.848 bits per heavy atom. The maximum Gasteiger partial charge on any atom is 0.228 e. The van der Waals surface area contributed by atoms with Gasteiger partial charge < -0.3 is 10.6 Å². The van der Waals surface area contributed by atoms with Crippen molar-refractivity contribution in [1.82, 2.24) is 10.6 Å². The standard InChI is InChI=1S/C27H34N2O4/c1-3-4-15-28-27(33)23(17-21-11-7-5-8-12-21)19-25(31)24(29-26(32)16-20(2)30)18-22-13-9-6-10-14-22/h5-14,23-24H,3-4,15-19H2,1-2H3,(H,28,33)(H,29,32)/t23-,24+/m1/s1. The lowest BCUT2D eigenvalue weighted by Gasteiger charge is -2.22. The molecule has 0 aliphatic carbocycles. The Morgan fingerprint density at radius 3 is 1.97 bits per heavy atom. The summed E-state index contributed by atoms with van der Waals surface area (Å²) in [5.74, 6) is -1.67. The minimum absolute atomic E-state index is 0.00467. The molecule has 2 aromatic rings. The van der Waals surface area contributed by atoms with Gasteiger partial charge in [-0.25, -0.2) is 0 Å². The van der Waals surface area contributed by atoms with Gasteiger partial charge in [0, 0.05) is 18.9 Å². The van der Waals surface area contributed by atoms with E-state index in [9.17, 15) is 19.2 Å². The van der Waals surface area contributed by atoms with Gasteiger partial charge in [0.15, 0.2) is 5.78 Å².